The van der Waals surface area contributed by atoms with Crippen molar-refractivity contribution in [1.29, 1.82) is 0 Å². The first-order valence-corrected chi connectivity index (χ1v) is 14.2. The molecule has 0 bridgehead atoms. The summed E-state index contributed by atoms with van der Waals surface area (Å²) < 4.78 is 0. The van der Waals surface area contributed by atoms with Crippen molar-refractivity contribution >= 4 is 27.9 Å². The monoisotopic (exact) mass is 493 g/mol. The molecular weight excluding hydrogens is 454 g/mol. The number of likely N-dealkylation sites (tertiary alicyclic amines) is 1. The van der Waals surface area contributed by atoms with Gasteiger partial charge in [-0.3, -0.25) is 9.88 Å². The van der Waals surface area contributed by atoms with Gasteiger partial charge in [-0.05, 0) is 44.8 Å². The lowest BCUT2D eigenvalue weighted by Gasteiger charge is -2.31. The van der Waals surface area contributed by atoms with Crippen LogP contribution in [0.5, 0.6) is 0 Å². The minimum atomic E-state index is 0.0390. The predicted molar refractivity (Wildman–Crippen MR) is 145 cm³/mol. The van der Waals surface area contributed by atoms with Crippen LogP contribution in [-0.2, 0) is 6.61 Å². The molecule has 188 valence electrons. The second-order valence-corrected chi connectivity index (χ2v) is 11.2. The molecule has 0 amide bonds. The van der Waals surface area contributed by atoms with Gasteiger partial charge in [-0.25, -0.2) is 4.98 Å². The van der Waals surface area contributed by atoms with Crippen molar-refractivity contribution < 1.29 is 5.11 Å². The van der Waals surface area contributed by atoms with Crippen LogP contribution in [0.2, 0.25) is 0 Å². The van der Waals surface area contributed by atoms with Gasteiger partial charge in [-0.2, -0.15) is 0 Å². The first-order valence-electron chi connectivity index (χ1n) is 13.3. The maximum atomic E-state index is 10.1. The second-order valence-electron chi connectivity index (χ2n) is 10.3. The molecule has 0 spiro atoms. The van der Waals surface area contributed by atoms with E-state index in [1.54, 1.807) is 0 Å². The second kappa shape index (κ2) is 11.3. The predicted octanol–water partition coefficient (Wildman–Crippen LogP) is 5.05. The number of benzene rings is 1. The SMILES string of the molecule is CC(C)c1nc(C(CCN2CCCC2)N2CCCN(c3c(CO)ccc4cccnc34)CC2)cs1. The summed E-state index contributed by atoms with van der Waals surface area (Å²) in [5, 5.41) is 14.8. The van der Waals surface area contributed by atoms with Gasteiger partial charge < -0.3 is 14.9 Å². The Balaban J connectivity index is 1.37. The van der Waals surface area contributed by atoms with Gasteiger partial charge in [0.25, 0.3) is 0 Å². The summed E-state index contributed by atoms with van der Waals surface area (Å²) in [6, 6.07) is 8.59. The highest BCUT2D eigenvalue weighted by atomic mass is 32.1. The molecule has 3 aromatic rings. The van der Waals surface area contributed by atoms with Crippen LogP contribution in [0.3, 0.4) is 0 Å². The third-order valence-electron chi connectivity index (χ3n) is 7.58. The molecule has 2 aliphatic rings. The average Bonchev–Trinajstić information content (AvgIpc) is 3.53. The molecule has 0 aliphatic carbocycles. The average molecular weight is 494 g/mol. The van der Waals surface area contributed by atoms with Crippen LogP contribution in [0.1, 0.15) is 67.8 Å². The number of pyridine rings is 1. The van der Waals surface area contributed by atoms with E-state index >= 15 is 0 Å². The van der Waals surface area contributed by atoms with E-state index in [4.69, 9.17) is 9.97 Å². The third kappa shape index (κ3) is 5.53. The van der Waals surface area contributed by atoms with E-state index in [1.807, 2.05) is 23.6 Å². The Kier molecular flexibility index (Phi) is 7.97. The zero-order valence-corrected chi connectivity index (χ0v) is 22.0. The van der Waals surface area contributed by atoms with E-state index in [0.29, 0.717) is 12.0 Å². The lowest BCUT2D eigenvalue weighted by molar-refractivity contribution is 0.178. The number of rotatable bonds is 8. The highest BCUT2D eigenvalue weighted by molar-refractivity contribution is 7.09. The molecule has 2 aliphatic heterocycles. The summed E-state index contributed by atoms with van der Waals surface area (Å²) in [6.45, 7) is 12.1. The summed E-state index contributed by atoms with van der Waals surface area (Å²) >= 11 is 1.82. The Morgan fingerprint density at radius 3 is 2.63 bits per heavy atom. The van der Waals surface area contributed by atoms with Gasteiger partial charge in [0.1, 0.15) is 0 Å². The van der Waals surface area contributed by atoms with Crippen molar-refractivity contribution in [2.75, 3.05) is 50.7 Å². The number of nitrogens with zero attached hydrogens (tertiary/aromatic N) is 5. The Hall–Kier alpha value is -2.06. The summed E-state index contributed by atoms with van der Waals surface area (Å²) in [6.07, 6.45) is 6.77. The molecule has 2 saturated heterocycles. The van der Waals surface area contributed by atoms with E-state index in [2.05, 4.69) is 52.1 Å². The molecule has 35 heavy (non-hydrogen) atoms. The lowest BCUT2D eigenvalue weighted by Crippen LogP contribution is -2.36. The minimum Gasteiger partial charge on any atom is -0.392 e. The van der Waals surface area contributed by atoms with Gasteiger partial charge in [0.2, 0.25) is 0 Å². The fourth-order valence-electron chi connectivity index (χ4n) is 5.67. The van der Waals surface area contributed by atoms with Crippen LogP contribution in [-0.4, -0.2) is 70.7 Å². The molecule has 5 rings (SSSR count). The normalized spacial score (nSPS) is 19.0. The van der Waals surface area contributed by atoms with Gasteiger partial charge in [0.05, 0.1) is 34.6 Å². The molecule has 1 unspecified atom stereocenters. The van der Waals surface area contributed by atoms with Crippen LogP contribution in [0.4, 0.5) is 5.69 Å². The topological polar surface area (TPSA) is 55.7 Å². The first-order chi connectivity index (χ1) is 17.1. The molecule has 1 N–H and O–H groups in total. The maximum Gasteiger partial charge on any atom is 0.0954 e. The Morgan fingerprint density at radius 2 is 1.86 bits per heavy atom. The summed E-state index contributed by atoms with van der Waals surface area (Å²) in [4.78, 5) is 17.6. The van der Waals surface area contributed by atoms with Crippen molar-refractivity contribution in [3.63, 3.8) is 0 Å². The number of hydrogen-bond donors (Lipinski definition) is 1. The van der Waals surface area contributed by atoms with Crippen molar-refractivity contribution in [2.45, 2.75) is 58.1 Å². The maximum absolute atomic E-state index is 10.1. The zero-order chi connectivity index (χ0) is 24.2. The molecule has 0 saturated carbocycles. The molecule has 6 nitrogen and oxygen atoms in total. The number of aromatic nitrogens is 2. The Labute approximate surface area is 213 Å². The van der Waals surface area contributed by atoms with Crippen molar-refractivity contribution in [1.82, 2.24) is 19.8 Å². The number of fused-ring (bicyclic) bond motifs is 1. The number of anilines is 1. The van der Waals surface area contributed by atoms with E-state index in [9.17, 15) is 5.11 Å². The highest BCUT2D eigenvalue weighted by Gasteiger charge is 2.28. The molecule has 2 aromatic heterocycles. The van der Waals surface area contributed by atoms with Gasteiger partial charge in [0.15, 0.2) is 0 Å². The Bertz CT molecular complexity index is 1110. The molecule has 0 radical (unpaired) electrons. The lowest BCUT2D eigenvalue weighted by atomic mass is 10.1. The van der Waals surface area contributed by atoms with E-state index in [0.717, 1.165) is 67.7 Å². The van der Waals surface area contributed by atoms with E-state index in [-0.39, 0.29) is 6.61 Å². The molecule has 2 fully saturated rings. The first kappa shape index (κ1) is 24.6. The van der Waals surface area contributed by atoms with Crippen LogP contribution in [0.15, 0.2) is 35.8 Å². The zero-order valence-electron chi connectivity index (χ0n) is 21.2. The van der Waals surface area contributed by atoms with Crippen LogP contribution in [0, 0.1) is 0 Å². The molecule has 7 heteroatoms. The van der Waals surface area contributed by atoms with Crippen molar-refractivity contribution in [3.8, 4) is 0 Å². The van der Waals surface area contributed by atoms with Crippen LogP contribution in [0.25, 0.3) is 10.9 Å². The summed E-state index contributed by atoms with van der Waals surface area (Å²) in [5.74, 6) is 0.475. The molecule has 1 atom stereocenters. The smallest absolute Gasteiger partial charge is 0.0954 e. The van der Waals surface area contributed by atoms with Crippen LogP contribution < -0.4 is 4.90 Å². The van der Waals surface area contributed by atoms with Gasteiger partial charge >= 0.3 is 0 Å². The third-order valence-corrected chi connectivity index (χ3v) is 8.75. The fourth-order valence-corrected chi connectivity index (χ4v) is 6.55. The standard InChI is InChI=1S/C28H39N5OS/c1-21(2)28-30-24(20-35-28)25(10-16-31-12-3-4-13-31)32-14-6-15-33(18-17-32)27-23(19-34)9-8-22-7-5-11-29-26(22)27/h5,7-9,11,20-21,25,34H,3-4,6,10,12-19H2,1-2H3. The minimum absolute atomic E-state index is 0.0390. The number of aliphatic hydroxyl groups is 1. The number of aliphatic hydroxyl groups excluding tert-OH is 1. The van der Waals surface area contributed by atoms with Crippen molar-refractivity contribution in [3.05, 3.63) is 52.1 Å². The number of hydrogen-bond acceptors (Lipinski definition) is 7. The van der Waals surface area contributed by atoms with Gasteiger partial charge in [0, 0.05) is 61.2 Å². The largest absolute Gasteiger partial charge is 0.392 e. The van der Waals surface area contributed by atoms with Gasteiger partial charge in [-0.15, -0.1) is 11.3 Å². The van der Waals surface area contributed by atoms with Crippen LogP contribution >= 0.6 is 11.3 Å². The summed E-state index contributed by atoms with van der Waals surface area (Å²) in [7, 11) is 0. The Morgan fingerprint density at radius 1 is 1.00 bits per heavy atom. The molecule has 4 heterocycles. The van der Waals surface area contributed by atoms with E-state index < -0.39 is 0 Å². The van der Waals surface area contributed by atoms with Gasteiger partial charge in [-0.1, -0.05) is 32.0 Å². The molecular formula is C28H39N5OS. The quantitative estimate of drug-likeness (QED) is 0.474. The number of thiazole rings is 1. The fraction of sp³-hybridized carbons (Fsp3) is 0.571. The molecule has 1 aromatic carbocycles. The summed E-state index contributed by atoms with van der Waals surface area (Å²) in [5.41, 5.74) is 4.33. The van der Waals surface area contributed by atoms with E-state index in [1.165, 1.54) is 36.6 Å². The highest BCUT2D eigenvalue weighted by Crippen LogP contribution is 2.33. The van der Waals surface area contributed by atoms with Crippen molar-refractivity contribution in [2.24, 2.45) is 0 Å².